The third kappa shape index (κ3) is 8.14. The Hall–Kier alpha value is -5.66. The standard InChI is InChI=1S/C42H54N10O4/c1-21(2)31-37-43-35-25(9)51(37)19-27-13-11-15-29(17-27)49-50-30-16-12-14-28(18-30)20-52-26(10)36(42(56)47-33(23(5)6)39(53)45-31)44-38(52)32(22(3)4)46-40(54)34(24(7)8)48-41(35)55/h11-18,21-24,31-34H,19-20H2,1-10H3,(H,45,53)(H,46,54)(H,47,56)(H,48,55)/t31-,32-,33-,34-/m0/s1. The summed E-state index contributed by atoms with van der Waals surface area (Å²) in [4.78, 5) is 67.2. The summed E-state index contributed by atoms with van der Waals surface area (Å²) in [5.74, 6) is -1.81. The van der Waals surface area contributed by atoms with Crippen molar-refractivity contribution < 1.29 is 19.2 Å². The summed E-state index contributed by atoms with van der Waals surface area (Å²) in [6, 6.07) is 12.2. The average molecular weight is 763 g/mol. The number of carbonyl (C=O) groups is 4. The van der Waals surface area contributed by atoms with E-state index in [0.717, 1.165) is 11.1 Å². The highest BCUT2D eigenvalue weighted by molar-refractivity contribution is 5.98. The van der Waals surface area contributed by atoms with Gasteiger partial charge in [0.2, 0.25) is 11.8 Å². The molecule has 56 heavy (non-hydrogen) atoms. The highest BCUT2D eigenvalue weighted by Gasteiger charge is 2.37. The van der Waals surface area contributed by atoms with Gasteiger partial charge in [-0.1, -0.05) is 79.7 Å². The monoisotopic (exact) mass is 762 g/mol. The van der Waals surface area contributed by atoms with Crippen LogP contribution >= 0.6 is 0 Å². The van der Waals surface area contributed by atoms with E-state index in [9.17, 15) is 19.2 Å². The van der Waals surface area contributed by atoms with E-state index in [-0.39, 0.29) is 46.9 Å². The molecule has 296 valence electrons. The molecule has 2 aromatic heterocycles. The van der Waals surface area contributed by atoms with E-state index in [0.29, 0.717) is 47.5 Å². The van der Waals surface area contributed by atoms with Crippen LogP contribution in [0.15, 0.2) is 58.8 Å². The summed E-state index contributed by atoms with van der Waals surface area (Å²) in [6.07, 6.45) is 0. The molecule has 4 amide bonds. The molecule has 0 spiro atoms. The smallest absolute Gasteiger partial charge is 0.272 e. The van der Waals surface area contributed by atoms with Crippen LogP contribution in [0.1, 0.15) is 123 Å². The van der Waals surface area contributed by atoms with Gasteiger partial charge in [0.15, 0.2) is 0 Å². The number of fused-ring (bicyclic) bond motifs is 10. The lowest BCUT2D eigenvalue weighted by Crippen LogP contribution is -2.52. The van der Waals surface area contributed by atoms with Crippen molar-refractivity contribution in [1.82, 2.24) is 40.4 Å². The molecule has 4 aromatic rings. The zero-order chi connectivity index (χ0) is 40.6. The minimum absolute atomic E-state index is 0.144. The number of rotatable bonds is 4. The zero-order valence-corrected chi connectivity index (χ0v) is 34.0. The van der Waals surface area contributed by atoms with Gasteiger partial charge in [0.25, 0.3) is 11.8 Å². The van der Waals surface area contributed by atoms with E-state index >= 15 is 0 Å². The number of nitrogens with one attached hydrogen (secondary N) is 4. The predicted octanol–water partition coefficient (Wildman–Crippen LogP) is 6.37. The van der Waals surface area contributed by atoms with E-state index in [2.05, 4.69) is 31.5 Å². The van der Waals surface area contributed by atoms with Gasteiger partial charge in [0.05, 0.1) is 23.5 Å². The van der Waals surface area contributed by atoms with Crippen molar-refractivity contribution in [2.24, 2.45) is 33.9 Å². The fourth-order valence-corrected chi connectivity index (χ4v) is 7.36. The number of azo groups is 1. The van der Waals surface area contributed by atoms with Crippen LogP contribution in [-0.2, 0) is 22.7 Å². The molecule has 14 nitrogen and oxygen atoms in total. The molecule has 4 N–H and O–H groups in total. The van der Waals surface area contributed by atoms with E-state index in [1.165, 1.54) is 0 Å². The molecule has 0 unspecified atom stereocenters. The van der Waals surface area contributed by atoms with Crippen LogP contribution < -0.4 is 21.3 Å². The van der Waals surface area contributed by atoms with Gasteiger partial charge in [-0.05, 0) is 72.9 Å². The Labute approximate surface area is 328 Å². The third-order valence-corrected chi connectivity index (χ3v) is 10.7. The van der Waals surface area contributed by atoms with Crippen molar-refractivity contribution in [2.45, 2.75) is 106 Å². The highest BCUT2D eigenvalue weighted by Crippen LogP contribution is 2.30. The lowest BCUT2D eigenvalue weighted by molar-refractivity contribution is -0.125. The maximum Gasteiger partial charge on any atom is 0.272 e. The summed E-state index contributed by atoms with van der Waals surface area (Å²) >= 11 is 0. The molecule has 14 heteroatoms. The Morgan fingerprint density at radius 3 is 1.23 bits per heavy atom. The minimum atomic E-state index is -0.930. The quantitative estimate of drug-likeness (QED) is 0.188. The Bertz CT molecular complexity index is 2030. The average Bonchev–Trinajstić information content (AvgIpc) is 3.63. The van der Waals surface area contributed by atoms with Crippen LogP contribution in [-0.4, -0.2) is 54.8 Å². The summed E-state index contributed by atoms with van der Waals surface area (Å²) in [5, 5.41) is 21.5. The Morgan fingerprint density at radius 2 is 0.893 bits per heavy atom. The van der Waals surface area contributed by atoms with Gasteiger partial charge >= 0.3 is 0 Å². The second kappa shape index (κ2) is 16.2. The van der Waals surface area contributed by atoms with Crippen molar-refractivity contribution in [2.75, 3.05) is 0 Å². The number of aromatic nitrogens is 4. The highest BCUT2D eigenvalue weighted by atomic mass is 16.2. The molecule has 0 radical (unpaired) electrons. The first kappa shape index (κ1) is 40.0. The first-order valence-corrected chi connectivity index (χ1v) is 19.5. The van der Waals surface area contributed by atoms with Gasteiger partial charge in [-0.3, -0.25) is 19.2 Å². The number of benzene rings is 2. The molecule has 7 rings (SSSR count). The van der Waals surface area contributed by atoms with Crippen LogP contribution in [0.4, 0.5) is 11.4 Å². The first-order valence-electron chi connectivity index (χ1n) is 19.5. The van der Waals surface area contributed by atoms with Crippen LogP contribution in [0.3, 0.4) is 0 Å². The van der Waals surface area contributed by atoms with Crippen LogP contribution in [0.25, 0.3) is 0 Å². The second-order valence-corrected chi connectivity index (χ2v) is 16.4. The summed E-state index contributed by atoms with van der Waals surface area (Å²) in [5.41, 5.74) is 4.44. The van der Waals surface area contributed by atoms with E-state index < -0.39 is 36.0 Å². The van der Waals surface area contributed by atoms with Crippen molar-refractivity contribution >= 4 is 35.0 Å². The Morgan fingerprint density at radius 1 is 0.536 bits per heavy atom. The largest absolute Gasteiger partial charge is 0.344 e. The molecule has 10 bridgehead atoms. The molecule has 0 saturated heterocycles. The van der Waals surface area contributed by atoms with Gasteiger partial charge in [-0.2, -0.15) is 10.2 Å². The van der Waals surface area contributed by atoms with E-state index in [4.69, 9.17) is 9.97 Å². The normalized spacial score (nSPS) is 20.8. The molecule has 0 aliphatic carbocycles. The number of amides is 4. The molecule has 0 saturated carbocycles. The number of nitrogens with zero attached hydrogens (tertiary/aromatic N) is 6. The molecular weight excluding hydrogens is 709 g/mol. The van der Waals surface area contributed by atoms with Gasteiger partial charge in [0, 0.05) is 24.5 Å². The number of carbonyl (C=O) groups excluding carboxylic acids is 4. The Kier molecular flexibility index (Phi) is 11.6. The van der Waals surface area contributed by atoms with Crippen LogP contribution in [0.2, 0.25) is 0 Å². The minimum Gasteiger partial charge on any atom is -0.344 e. The van der Waals surface area contributed by atoms with E-state index in [1.807, 2.05) is 127 Å². The lowest BCUT2D eigenvalue weighted by atomic mass is 9.99. The molecule has 3 aliphatic heterocycles. The van der Waals surface area contributed by atoms with Crippen LogP contribution in [0, 0.1) is 37.5 Å². The SMILES string of the molecule is Cc1c2nc3n1Cc1cccc(c1)N=Nc1cccc(c1)Cn1c(nc(c1C)C(=O)N[C@@H](C(C)C)C(=O)N[C@H]3C(C)C)[C@H](C(C)C)NC(=O)[C@H](C(C)C)NC2=O. The van der Waals surface area contributed by atoms with Gasteiger partial charge in [-0.15, -0.1) is 0 Å². The molecule has 3 aliphatic rings. The van der Waals surface area contributed by atoms with Crippen LogP contribution in [0.5, 0.6) is 0 Å². The topological polar surface area (TPSA) is 177 Å². The van der Waals surface area contributed by atoms with Crippen molar-refractivity contribution in [3.8, 4) is 0 Å². The van der Waals surface area contributed by atoms with Gasteiger partial charge < -0.3 is 30.4 Å². The fourth-order valence-electron chi connectivity index (χ4n) is 7.36. The van der Waals surface area contributed by atoms with Crippen molar-refractivity contribution in [3.63, 3.8) is 0 Å². The fraction of sp³-hybridized carbons (Fsp3) is 0.476. The van der Waals surface area contributed by atoms with Gasteiger partial charge in [-0.25, -0.2) is 9.97 Å². The summed E-state index contributed by atoms with van der Waals surface area (Å²) < 4.78 is 3.85. The van der Waals surface area contributed by atoms with E-state index in [1.54, 1.807) is 0 Å². The van der Waals surface area contributed by atoms with Gasteiger partial charge in [0.1, 0.15) is 35.1 Å². The molecule has 4 atom stereocenters. The second-order valence-electron chi connectivity index (χ2n) is 16.4. The summed E-state index contributed by atoms with van der Waals surface area (Å²) in [6.45, 7) is 19.6. The lowest BCUT2D eigenvalue weighted by Gasteiger charge is -2.28. The molecule has 5 heterocycles. The number of hydrogen-bond donors (Lipinski definition) is 4. The molecule has 0 fully saturated rings. The van der Waals surface area contributed by atoms with Crippen molar-refractivity contribution in [3.05, 3.63) is 94.1 Å². The Balaban J connectivity index is 1.66. The maximum atomic E-state index is 14.3. The molecular formula is C42H54N10O4. The first-order chi connectivity index (χ1) is 26.5. The maximum absolute atomic E-state index is 14.3. The third-order valence-electron chi connectivity index (χ3n) is 10.7. The molecule has 2 aromatic carbocycles. The van der Waals surface area contributed by atoms with Crippen molar-refractivity contribution in [1.29, 1.82) is 0 Å². The predicted molar refractivity (Wildman–Crippen MR) is 213 cm³/mol. The number of imidazole rings is 2. The zero-order valence-electron chi connectivity index (χ0n) is 34.0. The number of hydrogen-bond acceptors (Lipinski definition) is 8. The summed E-state index contributed by atoms with van der Waals surface area (Å²) in [7, 11) is 0.